The van der Waals surface area contributed by atoms with Crippen LogP contribution in [0.4, 0.5) is 13.2 Å². The molecule has 2 N–H and O–H groups in total. The van der Waals surface area contributed by atoms with E-state index in [1.807, 2.05) is 13.8 Å². The van der Waals surface area contributed by atoms with Crippen molar-refractivity contribution in [3.8, 4) is 0 Å². The number of alkyl halides is 3. The van der Waals surface area contributed by atoms with Gasteiger partial charge in [0.25, 0.3) is 0 Å². The van der Waals surface area contributed by atoms with Crippen LogP contribution in [0.15, 0.2) is 23.5 Å². The molecule has 0 aliphatic carbocycles. The van der Waals surface area contributed by atoms with Crippen LogP contribution < -0.4 is 5.73 Å². The molecule has 0 spiro atoms. The van der Waals surface area contributed by atoms with Gasteiger partial charge in [-0.05, 0) is 19.8 Å². The lowest BCUT2D eigenvalue weighted by molar-refractivity contribution is -0.0903. The smallest absolute Gasteiger partial charge is 0.385 e. The number of halogens is 3. The first-order valence-electron chi connectivity index (χ1n) is 5.83. The van der Waals surface area contributed by atoms with Crippen LogP contribution in [-0.4, -0.2) is 24.2 Å². The molecule has 0 saturated heterocycles. The number of hydrogen-bond acceptors (Lipinski definition) is 2. The van der Waals surface area contributed by atoms with E-state index in [2.05, 4.69) is 0 Å². The van der Waals surface area contributed by atoms with Crippen molar-refractivity contribution in [1.82, 2.24) is 4.90 Å². The Bertz CT molecular complexity index is 274. The summed E-state index contributed by atoms with van der Waals surface area (Å²) >= 11 is 0. The van der Waals surface area contributed by atoms with Gasteiger partial charge in [0.15, 0.2) is 0 Å². The van der Waals surface area contributed by atoms with E-state index in [0.717, 1.165) is 18.9 Å². The van der Waals surface area contributed by atoms with Crippen molar-refractivity contribution >= 4 is 0 Å². The number of rotatable bonds is 6. The average molecular weight is 250 g/mol. The third-order valence-corrected chi connectivity index (χ3v) is 2.24. The van der Waals surface area contributed by atoms with Gasteiger partial charge in [-0.25, -0.2) is 0 Å². The van der Waals surface area contributed by atoms with Crippen molar-refractivity contribution in [3.63, 3.8) is 0 Å². The fraction of sp³-hybridized carbons (Fsp3) is 0.667. The minimum Gasteiger partial charge on any atom is -0.385 e. The average Bonchev–Trinajstić information content (AvgIpc) is 2.23. The largest absolute Gasteiger partial charge is 0.419 e. The number of allylic oxidation sites excluding steroid dienone is 3. The lowest BCUT2D eigenvalue weighted by Gasteiger charge is -2.26. The maximum atomic E-state index is 12.8. The predicted octanol–water partition coefficient (Wildman–Crippen LogP) is 3.42. The predicted molar refractivity (Wildman–Crippen MR) is 64.2 cm³/mol. The normalized spacial score (nSPS) is 14.0. The van der Waals surface area contributed by atoms with Crippen molar-refractivity contribution in [2.75, 3.05) is 13.1 Å². The van der Waals surface area contributed by atoms with Gasteiger partial charge in [0.1, 0.15) is 5.82 Å². The molecular weight excluding hydrogens is 229 g/mol. The Morgan fingerprint density at radius 3 is 1.94 bits per heavy atom. The Morgan fingerprint density at radius 2 is 1.65 bits per heavy atom. The van der Waals surface area contributed by atoms with Crippen LogP contribution in [0.3, 0.4) is 0 Å². The first kappa shape index (κ1) is 15.9. The van der Waals surface area contributed by atoms with Crippen LogP contribution in [0, 0.1) is 0 Å². The Labute approximate surface area is 101 Å². The van der Waals surface area contributed by atoms with Crippen molar-refractivity contribution in [2.24, 2.45) is 5.73 Å². The summed E-state index contributed by atoms with van der Waals surface area (Å²) in [6.07, 6.45) is -0.501. The molecule has 0 amide bonds. The van der Waals surface area contributed by atoms with E-state index in [1.54, 1.807) is 11.8 Å². The van der Waals surface area contributed by atoms with Crippen LogP contribution >= 0.6 is 0 Å². The fourth-order valence-electron chi connectivity index (χ4n) is 1.55. The summed E-state index contributed by atoms with van der Waals surface area (Å²) in [5.41, 5.74) is 4.88. The van der Waals surface area contributed by atoms with Gasteiger partial charge in [-0.2, -0.15) is 13.2 Å². The van der Waals surface area contributed by atoms with Crippen LogP contribution in [0.25, 0.3) is 0 Å². The standard InChI is InChI=1S/C12H21F3N2/c1-4-7-10(12(13,14)15)11(16)17(8-5-2)9-6-3/h4,7H,5-6,8-9,16H2,1-3H3/b7-4-,11-10-. The first-order valence-corrected chi connectivity index (χ1v) is 5.83. The van der Waals surface area contributed by atoms with Gasteiger partial charge < -0.3 is 10.6 Å². The molecule has 0 radical (unpaired) electrons. The molecule has 0 fully saturated rings. The Balaban J connectivity index is 5.26. The van der Waals surface area contributed by atoms with Crippen molar-refractivity contribution in [2.45, 2.75) is 39.8 Å². The Morgan fingerprint density at radius 1 is 1.18 bits per heavy atom. The quantitative estimate of drug-likeness (QED) is 0.732. The topological polar surface area (TPSA) is 29.3 Å². The van der Waals surface area contributed by atoms with E-state index in [4.69, 9.17) is 5.73 Å². The SMILES string of the molecule is C/C=C\C(=C(/N)N(CCC)CCC)C(F)(F)F. The van der Waals surface area contributed by atoms with Crippen molar-refractivity contribution in [1.29, 1.82) is 0 Å². The van der Waals surface area contributed by atoms with Gasteiger partial charge in [-0.1, -0.05) is 26.0 Å². The Kier molecular flexibility index (Phi) is 6.76. The third-order valence-electron chi connectivity index (χ3n) is 2.24. The molecule has 0 aromatic carbocycles. The first-order chi connectivity index (χ1) is 7.88. The second kappa shape index (κ2) is 7.25. The second-order valence-corrected chi connectivity index (χ2v) is 3.78. The zero-order valence-electron chi connectivity index (χ0n) is 10.6. The van der Waals surface area contributed by atoms with E-state index in [1.165, 1.54) is 6.08 Å². The Hall–Kier alpha value is -1.13. The molecule has 0 unspecified atom stereocenters. The zero-order chi connectivity index (χ0) is 13.5. The highest BCUT2D eigenvalue weighted by molar-refractivity contribution is 5.27. The monoisotopic (exact) mass is 250 g/mol. The van der Waals surface area contributed by atoms with Gasteiger partial charge in [0.05, 0.1) is 5.57 Å². The number of hydrogen-bond donors (Lipinski definition) is 1. The highest BCUT2D eigenvalue weighted by atomic mass is 19.4. The van der Waals surface area contributed by atoms with E-state index in [0.29, 0.717) is 13.1 Å². The molecule has 0 atom stereocenters. The molecule has 0 aliphatic heterocycles. The maximum Gasteiger partial charge on any atom is 0.419 e. The summed E-state index contributed by atoms with van der Waals surface area (Å²) < 4.78 is 38.3. The van der Waals surface area contributed by atoms with Crippen LogP contribution in [0.5, 0.6) is 0 Å². The van der Waals surface area contributed by atoms with Gasteiger partial charge in [0, 0.05) is 13.1 Å². The van der Waals surface area contributed by atoms with Gasteiger partial charge in [0.2, 0.25) is 0 Å². The summed E-state index contributed by atoms with van der Waals surface area (Å²) in [4.78, 5) is 1.59. The minimum atomic E-state index is -4.41. The van der Waals surface area contributed by atoms with Crippen molar-refractivity contribution in [3.05, 3.63) is 23.5 Å². The van der Waals surface area contributed by atoms with E-state index in [-0.39, 0.29) is 5.82 Å². The molecule has 17 heavy (non-hydrogen) atoms. The van der Waals surface area contributed by atoms with Crippen LogP contribution in [0.2, 0.25) is 0 Å². The summed E-state index contributed by atoms with van der Waals surface area (Å²) in [7, 11) is 0. The highest BCUT2D eigenvalue weighted by Crippen LogP contribution is 2.29. The molecule has 100 valence electrons. The number of nitrogens with zero attached hydrogens (tertiary/aromatic N) is 1. The third kappa shape index (κ3) is 5.15. The zero-order valence-corrected chi connectivity index (χ0v) is 10.6. The van der Waals surface area contributed by atoms with Gasteiger partial charge >= 0.3 is 6.18 Å². The molecule has 0 bridgehead atoms. The highest BCUT2D eigenvalue weighted by Gasteiger charge is 2.35. The van der Waals surface area contributed by atoms with Crippen molar-refractivity contribution < 1.29 is 13.2 Å². The molecule has 0 saturated carbocycles. The molecule has 2 nitrogen and oxygen atoms in total. The molecule has 5 heteroatoms. The van der Waals surface area contributed by atoms with E-state index < -0.39 is 11.7 Å². The molecule has 0 aromatic rings. The molecule has 0 rings (SSSR count). The number of nitrogens with two attached hydrogens (primary N) is 1. The summed E-state index contributed by atoms with van der Waals surface area (Å²) in [5, 5.41) is 0. The van der Waals surface area contributed by atoms with Gasteiger partial charge in [-0.3, -0.25) is 0 Å². The minimum absolute atomic E-state index is 0.181. The van der Waals surface area contributed by atoms with Gasteiger partial charge in [-0.15, -0.1) is 0 Å². The fourth-order valence-corrected chi connectivity index (χ4v) is 1.55. The van der Waals surface area contributed by atoms with Crippen LogP contribution in [0.1, 0.15) is 33.6 Å². The van der Waals surface area contributed by atoms with E-state index >= 15 is 0 Å². The lowest BCUT2D eigenvalue weighted by atomic mass is 10.2. The molecular formula is C12H21F3N2. The molecule has 0 aliphatic rings. The molecule has 0 aromatic heterocycles. The lowest BCUT2D eigenvalue weighted by Crippen LogP contribution is -2.33. The van der Waals surface area contributed by atoms with Crippen LogP contribution in [-0.2, 0) is 0 Å². The summed E-state index contributed by atoms with van der Waals surface area (Å²) in [6.45, 7) is 6.45. The summed E-state index contributed by atoms with van der Waals surface area (Å²) in [5.74, 6) is -0.181. The molecule has 0 heterocycles. The second-order valence-electron chi connectivity index (χ2n) is 3.78. The maximum absolute atomic E-state index is 12.8. The summed E-state index contributed by atoms with van der Waals surface area (Å²) in [6, 6.07) is 0. The van der Waals surface area contributed by atoms with E-state index in [9.17, 15) is 13.2 Å².